The van der Waals surface area contributed by atoms with Gasteiger partial charge in [0.2, 0.25) is 0 Å². The number of aliphatic hydroxyl groups excluding tert-OH is 2. The first-order valence-corrected chi connectivity index (χ1v) is 13.5. The number of ether oxygens (including phenoxy) is 1. The summed E-state index contributed by atoms with van der Waals surface area (Å²) in [5, 5.41) is 34.2. The minimum Gasteiger partial charge on any atom is -0.396 e. The molecule has 0 aromatic carbocycles. The maximum atomic E-state index is 12.7. The molecule has 0 aromatic rings. The highest BCUT2D eigenvalue weighted by atomic mass is 16.7. The molecule has 202 valence electrons. The van der Waals surface area contributed by atoms with Crippen LogP contribution >= 0.6 is 0 Å². The summed E-state index contributed by atoms with van der Waals surface area (Å²) in [6, 6.07) is -0.482. The number of ketones is 1. The summed E-state index contributed by atoms with van der Waals surface area (Å²) < 4.78 is 5.83. The standard InChI is InChI=1S/C27H49N3O5/c1-16-19(14-31)27(34)23(24(16)33)22(35-27)8-7-10-25(3,4)15-26(5,6)11-9-21(32)20(28)12-18-13-29-17(2)30-18/h16-17,19-20,22-24,29,31,33-34H,7-15,28H2,1-6H3. The Morgan fingerprint density at radius 1 is 1.26 bits per heavy atom. The number of nitrogens with two attached hydrogens (primary N) is 1. The molecular weight excluding hydrogens is 446 g/mol. The lowest BCUT2D eigenvalue weighted by Crippen LogP contribution is -2.62. The highest BCUT2D eigenvalue weighted by molar-refractivity contribution is 5.94. The maximum absolute atomic E-state index is 12.7. The van der Waals surface area contributed by atoms with Gasteiger partial charge in [0, 0.05) is 31.0 Å². The number of nitrogens with one attached hydrogen (secondary N) is 1. The van der Waals surface area contributed by atoms with Crippen molar-refractivity contribution in [3.05, 3.63) is 0 Å². The van der Waals surface area contributed by atoms with Gasteiger partial charge in [-0.05, 0) is 49.4 Å². The second-order valence-corrected chi connectivity index (χ2v) is 13.0. The Balaban J connectivity index is 1.40. The summed E-state index contributed by atoms with van der Waals surface area (Å²) >= 11 is 0. The maximum Gasteiger partial charge on any atom is 0.179 e. The van der Waals surface area contributed by atoms with E-state index >= 15 is 0 Å². The molecule has 2 heterocycles. The van der Waals surface area contributed by atoms with E-state index in [4.69, 9.17) is 10.5 Å². The molecule has 3 aliphatic rings. The molecule has 2 aliphatic heterocycles. The van der Waals surface area contributed by atoms with E-state index in [1.165, 1.54) is 0 Å². The molecule has 35 heavy (non-hydrogen) atoms. The highest BCUT2D eigenvalue weighted by Crippen LogP contribution is 2.56. The second kappa shape index (κ2) is 10.8. The van der Waals surface area contributed by atoms with E-state index in [0.717, 1.165) is 37.8 Å². The first kappa shape index (κ1) is 28.7. The van der Waals surface area contributed by atoms with Crippen LogP contribution in [0.3, 0.4) is 0 Å². The van der Waals surface area contributed by atoms with Gasteiger partial charge in [0.1, 0.15) is 5.78 Å². The Hall–Kier alpha value is -0.900. The van der Waals surface area contributed by atoms with Gasteiger partial charge in [-0.2, -0.15) is 0 Å². The monoisotopic (exact) mass is 495 g/mol. The van der Waals surface area contributed by atoms with Crippen molar-refractivity contribution < 1.29 is 24.9 Å². The molecule has 8 atom stereocenters. The zero-order valence-corrected chi connectivity index (χ0v) is 22.6. The molecule has 0 spiro atoms. The Labute approximate surface area is 211 Å². The summed E-state index contributed by atoms with van der Waals surface area (Å²) in [6.07, 6.45) is 4.82. The van der Waals surface area contributed by atoms with Gasteiger partial charge in [-0.15, -0.1) is 0 Å². The molecule has 3 rings (SSSR count). The van der Waals surface area contributed by atoms with Crippen molar-refractivity contribution in [3.8, 4) is 0 Å². The number of carbonyl (C=O) groups is 1. The van der Waals surface area contributed by atoms with Crippen LogP contribution in [0.4, 0.5) is 0 Å². The lowest BCUT2D eigenvalue weighted by molar-refractivity contribution is -0.381. The predicted octanol–water partition coefficient (Wildman–Crippen LogP) is 2.38. The fourth-order valence-corrected chi connectivity index (χ4v) is 6.89. The molecular formula is C27H49N3O5. The predicted molar refractivity (Wildman–Crippen MR) is 137 cm³/mol. The second-order valence-electron chi connectivity index (χ2n) is 13.0. The van der Waals surface area contributed by atoms with Gasteiger partial charge in [0.25, 0.3) is 0 Å². The quantitative estimate of drug-likeness (QED) is 0.264. The van der Waals surface area contributed by atoms with Crippen LogP contribution in [0.5, 0.6) is 0 Å². The van der Waals surface area contributed by atoms with E-state index in [0.29, 0.717) is 19.4 Å². The number of aliphatic hydroxyl groups is 3. The van der Waals surface area contributed by atoms with Crippen LogP contribution < -0.4 is 11.1 Å². The van der Waals surface area contributed by atoms with Crippen LogP contribution in [-0.2, 0) is 9.53 Å². The molecule has 1 saturated carbocycles. The average molecular weight is 496 g/mol. The van der Waals surface area contributed by atoms with E-state index in [1.807, 2.05) is 13.8 Å². The summed E-state index contributed by atoms with van der Waals surface area (Å²) in [4.78, 5) is 17.1. The number of carbonyl (C=O) groups excluding carboxylic acids is 1. The number of fused-ring (bicyclic) bond motifs is 1. The van der Waals surface area contributed by atoms with E-state index in [9.17, 15) is 20.1 Å². The molecule has 8 nitrogen and oxygen atoms in total. The molecule has 0 bridgehead atoms. The lowest BCUT2D eigenvalue weighted by Gasteiger charge is -2.50. The van der Waals surface area contributed by atoms with Gasteiger partial charge in [-0.25, -0.2) is 0 Å². The van der Waals surface area contributed by atoms with Crippen molar-refractivity contribution in [2.75, 3.05) is 13.2 Å². The third-order valence-electron chi connectivity index (χ3n) is 8.68. The van der Waals surface area contributed by atoms with Crippen LogP contribution in [0.25, 0.3) is 0 Å². The Kier molecular flexibility index (Phi) is 8.88. The van der Waals surface area contributed by atoms with Gasteiger partial charge in [0.15, 0.2) is 5.79 Å². The Morgan fingerprint density at radius 2 is 1.91 bits per heavy atom. The van der Waals surface area contributed by atoms with Crippen molar-refractivity contribution in [3.63, 3.8) is 0 Å². The fourth-order valence-electron chi connectivity index (χ4n) is 6.89. The van der Waals surface area contributed by atoms with Crippen molar-refractivity contribution >= 4 is 11.5 Å². The van der Waals surface area contributed by atoms with E-state index in [1.54, 1.807) is 0 Å². The van der Waals surface area contributed by atoms with E-state index in [2.05, 4.69) is 38.0 Å². The molecule has 1 saturated heterocycles. The van der Waals surface area contributed by atoms with Gasteiger partial charge in [-0.3, -0.25) is 15.1 Å². The van der Waals surface area contributed by atoms with Crippen molar-refractivity contribution in [1.82, 2.24) is 5.32 Å². The molecule has 2 fully saturated rings. The molecule has 0 radical (unpaired) electrons. The lowest BCUT2D eigenvalue weighted by atomic mass is 9.70. The summed E-state index contributed by atoms with van der Waals surface area (Å²) in [5.41, 5.74) is 7.26. The highest BCUT2D eigenvalue weighted by Gasteiger charge is 2.68. The minimum absolute atomic E-state index is 0.0124. The van der Waals surface area contributed by atoms with Crippen molar-refractivity contribution in [2.45, 2.75) is 117 Å². The fraction of sp³-hybridized carbons (Fsp3) is 0.926. The number of nitrogens with zero attached hydrogens (tertiary/aromatic N) is 1. The summed E-state index contributed by atoms with van der Waals surface area (Å²) in [7, 11) is 0. The topological polar surface area (TPSA) is 137 Å². The van der Waals surface area contributed by atoms with E-state index < -0.39 is 23.9 Å². The largest absolute Gasteiger partial charge is 0.396 e. The first-order valence-electron chi connectivity index (χ1n) is 13.5. The zero-order chi connectivity index (χ0) is 26.2. The van der Waals surface area contributed by atoms with Crippen LogP contribution in [0.1, 0.15) is 86.5 Å². The molecule has 1 aliphatic carbocycles. The summed E-state index contributed by atoms with van der Waals surface area (Å²) in [5.74, 6) is -2.21. The molecule has 8 unspecified atom stereocenters. The number of Topliss-reactive ketones (excluding diaryl/α,β-unsaturated/α-hetero) is 1. The third-order valence-corrected chi connectivity index (χ3v) is 8.68. The van der Waals surface area contributed by atoms with Gasteiger partial charge in [-0.1, -0.05) is 41.0 Å². The number of hydrogen-bond donors (Lipinski definition) is 5. The SMILES string of the molecule is CC1N=C(CC(N)C(=O)CCC(C)(C)CC(C)(C)CCCC2OC3(O)C(CO)C(C)C(O)C23)CN1. The number of rotatable bonds is 13. The van der Waals surface area contributed by atoms with Crippen molar-refractivity contribution in [1.29, 1.82) is 0 Å². The van der Waals surface area contributed by atoms with Gasteiger partial charge in [0.05, 0.1) is 36.9 Å². The summed E-state index contributed by atoms with van der Waals surface area (Å²) in [6.45, 7) is 13.4. The first-order chi connectivity index (χ1) is 16.2. The molecule has 8 heteroatoms. The van der Waals surface area contributed by atoms with Crippen LogP contribution in [0.2, 0.25) is 0 Å². The third kappa shape index (κ3) is 6.51. The van der Waals surface area contributed by atoms with E-state index in [-0.39, 0.29) is 47.3 Å². The normalized spacial score (nSPS) is 36.0. The average Bonchev–Trinajstić information content (AvgIpc) is 3.20. The smallest absolute Gasteiger partial charge is 0.179 e. The van der Waals surface area contributed by atoms with Crippen LogP contribution in [0, 0.1) is 28.6 Å². The molecule has 0 amide bonds. The van der Waals surface area contributed by atoms with Crippen LogP contribution in [0.15, 0.2) is 4.99 Å². The Morgan fingerprint density at radius 3 is 2.51 bits per heavy atom. The molecule has 6 N–H and O–H groups in total. The number of aliphatic imine (C=N–C) groups is 1. The van der Waals surface area contributed by atoms with Gasteiger partial charge >= 0.3 is 0 Å². The van der Waals surface area contributed by atoms with Gasteiger partial charge < -0.3 is 25.8 Å². The minimum atomic E-state index is -1.39. The van der Waals surface area contributed by atoms with Crippen molar-refractivity contribution in [2.24, 2.45) is 39.3 Å². The number of hydrogen-bond acceptors (Lipinski definition) is 8. The molecule has 0 aromatic heterocycles. The Bertz CT molecular complexity index is 785. The zero-order valence-electron chi connectivity index (χ0n) is 22.6. The van der Waals surface area contributed by atoms with Crippen LogP contribution in [-0.4, -0.2) is 70.2 Å².